The van der Waals surface area contributed by atoms with Crippen LogP contribution < -0.4 is 14.8 Å². The van der Waals surface area contributed by atoms with E-state index in [-0.39, 0.29) is 5.91 Å². The summed E-state index contributed by atoms with van der Waals surface area (Å²) in [5, 5.41) is 4.00. The molecule has 0 unspecified atom stereocenters. The molecule has 0 saturated heterocycles. The van der Waals surface area contributed by atoms with Crippen molar-refractivity contribution in [2.24, 2.45) is 0 Å². The van der Waals surface area contributed by atoms with Gasteiger partial charge in [-0.15, -0.1) is 0 Å². The zero-order chi connectivity index (χ0) is 19.0. The van der Waals surface area contributed by atoms with Gasteiger partial charge in [-0.2, -0.15) is 0 Å². The molecule has 0 spiro atoms. The minimum absolute atomic E-state index is 0.280. The Morgan fingerprint density at radius 3 is 2.74 bits per heavy atom. The molecule has 1 amide bonds. The highest BCUT2D eigenvalue weighted by atomic mass is 35.5. The van der Waals surface area contributed by atoms with E-state index >= 15 is 0 Å². The van der Waals surface area contributed by atoms with E-state index in [9.17, 15) is 4.79 Å². The Morgan fingerprint density at radius 1 is 1.22 bits per heavy atom. The average Bonchev–Trinajstić information content (AvgIpc) is 3.06. The minimum atomic E-state index is -1.07. The normalized spacial score (nSPS) is 12.6. The van der Waals surface area contributed by atoms with Gasteiger partial charge in [0.25, 0.3) is 5.91 Å². The number of para-hydroxylation sites is 1. The summed E-state index contributed by atoms with van der Waals surface area (Å²) in [6, 6.07) is 14.6. The van der Waals surface area contributed by atoms with Crippen molar-refractivity contribution in [2.45, 2.75) is 26.1 Å². The zero-order valence-corrected chi connectivity index (χ0v) is 16.4. The van der Waals surface area contributed by atoms with E-state index in [0.29, 0.717) is 22.5 Å². The minimum Gasteiger partial charge on any atom is -0.487 e. The van der Waals surface area contributed by atoms with E-state index in [1.54, 1.807) is 38.1 Å². The molecule has 2 heterocycles. The molecule has 0 aliphatic carbocycles. The van der Waals surface area contributed by atoms with Crippen LogP contribution in [0.2, 0.25) is 5.02 Å². The lowest BCUT2D eigenvalue weighted by Crippen LogP contribution is -2.42. The van der Waals surface area contributed by atoms with Gasteiger partial charge >= 0.3 is 0 Å². The lowest BCUT2D eigenvalue weighted by Gasteiger charge is -2.24. The first kappa shape index (κ1) is 17.8. The van der Waals surface area contributed by atoms with Crippen LogP contribution >= 0.6 is 22.9 Å². The number of hydrogen-bond acceptors (Lipinski definition) is 5. The molecular weight excluding hydrogens is 384 g/mol. The number of halogens is 1. The highest BCUT2D eigenvalue weighted by molar-refractivity contribution is 7.16. The second-order valence-corrected chi connectivity index (χ2v) is 8.12. The first-order valence-corrected chi connectivity index (χ1v) is 9.60. The van der Waals surface area contributed by atoms with E-state index in [0.717, 1.165) is 21.9 Å². The van der Waals surface area contributed by atoms with Crippen molar-refractivity contribution in [3.63, 3.8) is 0 Å². The average molecular weight is 401 g/mol. The van der Waals surface area contributed by atoms with Gasteiger partial charge in [-0.05, 0) is 50.2 Å². The Morgan fingerprint density at radius 2 is 1.96 bits per heavy atom. The van der Waals surface area contributed by atoms with E-state index in [2.05, 4.69) is 10.3 Å². The van der Waals surface area contributed by atoms with Gasteiger partial charge in [-0.25, -0.2) is 4.98 Å². The summed E-state index contributed by atoms with van der Waals surface area (Å²) in [6.45, 7) is 3.87. The van der Waals surface area contributed by atoms with E-state index in [4.69, 9.17) is 21.1 Å². The second-order valence-electron chi connectivity index (χ2n) is 6.60. The largest absolute Gasteiger partial charge is 0.487 e. The Balaban J connectivity index is 1.52. The number of anilines is 1. The van der Waals surface area contributed by atoms with Gasteiger partial charge in [0.2, 0.25) is 0 Å². The van der Waals surface area contributed by atoms with Crippen molar-refractivity contribution in [3.05, 3.63) is 58.4 Å². The molecule has 7 heteroatoms. The Hall–Kier alpha value is -2.57. The molecule has 0 bridgehead atoms. The predicted molar refractivity (Wildman–Crippen MR) is 107 cm³/mol. The number of nitrogens with one attached hydrogen (secondary N) is 1. The van der Waals surface area contributed by atoms with E-state index in [1.165, 1.54) is 11.3 Å². The molecule has 138 valence electrons. The van der Waals surface area contributed by atoms with Gasteiger partial charge in [-0.3, -0.25) is 10.1 Å². The van der Waals surface area contributed by atoms with E-state index in [1.807, 2.05) is 24.3 Å². The van der Waals surface area contributed by atoms with Crippen molar-refractivity contribution < 1.29 is 14.3 Å². The number of carbonyl (C=O) groups excluding carboxylic acids is 1. The van der Waals surface area contributed by atoms with E-state index < -0.39 is 5.60 Å². The van der Waals surface area contributed by atoms with Crippen molar-refractivity contribution in [3.8, 4) is 22.8 Å². The fraction of sp³-hybridized carbons (Fsp3) is 0.200. The van der Waals surface area contributed by atoms with Crippen LogP contribution in [0.15, 0.2) is 48.5 Å². The maximum absolute atomic E-state index is 12.7. The summed E-state index contributed by atoms with van der Waals surface area (Å²) in [7, 11) is 0. The van der Waals surface area contributed by atoms with Gasteiger partial charge in [0, 0.05) is 10.6 Å². The lowest BCUT2D eigenvalue weighted by atomic mass is 10.1. The second kappa shape index (κ2) is 6.87. The van der Waals surface area contributed by atoms with Crippen molar-refractivity contribution >= 4 is 34.0 Å². The number of thiazole rings is 1. The Kier molecular flexibility index (Phi) is 4.53. The van der Waals surface area contributed by atoms with Crippen LogP contribution in [0, 0.1) is 0 Å². The molecule has 2 aromatic carbocycles. The number of ether oxygens (including phenoxy) is 2. The molecule has 27 heavy (non-hydrogen) atoms. The molecule has 0 radical (unpaired) electrons. The van der Waals surface area contributed by atoms with Crippen LogP contribution in [0.4, 0.5) is 5.13 Å². The third kappa shape index (κ3) is 3.63. The van der Waals surface area contributed by atoms with Gasteiger partial charge in [0.1, 0.15) is 18.1 Å². The number of carbonyl (C=O) groups is 1. The van der Waals surface area contributed by atoms with Gasteiger partial charge in [0.15, 0.2) is 10.7 Å². The molecule has 3 aromatic rings. The molecule has 5 nitrogen and oxygen atoms in total. The molecule has 0 saturated carbocycles. The van der Waals surface area contributed by atoms with Crippen molar-refractivity contribution in [2.75, 3.05) is 5.32 Å². The standard InChI is InChI=1S/C20H17ClN2O3S/c1-20(2,26-13-9-7-12(21)8-10-13)18(24)23-19-22-17-14-5-3-4-6-15(14)25-11-16(17)27-19/h3-10H,11H2,1-2H3,(H,22,23,24). The van der Waals surface area contributed by atoms with Crippen LogP contribution in [0.25, 0.3) is 11.3 Å². The molecule has 0 atom stereocenters. The van der Waals surface area contributed by atoms with Gasteiger partial charge < -0.3 is 9.47 Å². The summed E-state index contributed by atoms with van der Waals surface area (Å²) in [6.07, 6.45) is 0. The number of aromatic nitrogens is 1. The number of rotatable bonds is 4. The highest BCUT2D eigenvalue weighted by Crippen LogP contribution is 2.40. The number of nitrogens with zero attached hydrogens (tertiary/aromatic N) is 1. The SMILES string of the molecule is CC(C)(Oc1ccc(Cl)cc1)C(=O)Nc1nc2c(s1)COc1ccccc1-2. The molecule has 0 fully saturated rings. The molecule has 4 rings (SSSR count). The number of benzene rings is 2. The lowest BCUT2D eigenvalue weighted by molar-refractivity contribution is -0.128. The summed E-state index contributed by atoms with van der Waals surface area (Å²) < 4.78 is 11.6. The maximum Gasteiger partial charge on any atom is 0.269 e. The Bertz CT molecular complexity index is 999. The van der Waals surface area contributed by atoms with Crippen LogP contribution in [0.5, 0.6) is 11.5 Å². The van der Waals surface area contributed by atoms with Gasteiger partial charge in [-0.1, -0.05) is 35.1 Å². The van der Waals surface area contributed by atoms with Crippen LogP contribution in [0.3, 0.4) is 0 Å². The van der Waals surface area contributed by atoms with Crippen molar-refractivity contribution in [1.82, 2.24) is 4.98 Å². The molecule has 1 aromatic heterocycles. The monoisotopic (exact) mass is 400 g/mol. The summed E-state index contributed by atoms with van der Waals surface area (Å²) in [4.78, 5) is 18.3. The molecule has 1 N–H and O–H groups in total. The summed E-state index contributed by atoms with van der Waals surface area (Å²) in [5.41, 5.74) is 0.717. The number of amides is 1. The molecular formula is C20H17ClN2O3S. The topological polar surface area (TPSA) is 60.5 Å². The van der Waals surface area contributed by atoms with Crippen LogP contribution in [-0.4, -0.2) is 16.5 Å². The third-order valence-electron chi connectivity index (χ3n) is 4.15. The summed E-state index contributed by atoms with van der Waals surface area (Å²) >= 11 is 7.30. The number of fused-ring (bicyclic) bond motifs is 3. The fourth-order valence-electron chi connectivity index (χ4n) is 2.74. The highest BCUT2D eigenvalue weighted by Gasteiger charge is 2.31. The van der Waals surface area contributed by atoms with Crippen molar-refractivity contribution in [1.29, 1.82) is 0 Å². The quantitative estimate of drug-likeness (QED) is 0.657. The first-order chi connectivity index (χ1) is 12.9. The van der Waals surface area contributed by atoms with Crippen LogP contribution in [0.1, 0.15) is 18.7 Å². The number of hydrogen-bond donors (Lipinski definition) is 1. The third-order valence-corrected chi connectivity index (χ3v) is 5.35. The maximum atomic E-state index is 12.7. The Labute approximate surface area is 165 Å². The smallest absolute Gasteiger partial charge is 0.269 e. The summed E-state index contributed by atoms with van der Waals surface area (Å²) in [5.74, 6) is 1.10. The molecule has 1 aliphatic rings. The first-order valence-electron chi connectivity index (χ1n) is 8.40. The molecule has 1 aliphatic heterocycles. The zero-order valence-electron chi connectivity index (χ0n) is 14.8. The van der Waals surface area contributed by atoms with Gasteiger partial charge in [0.05, 0.1) is 10.6 Å². The predicted octanol–water partition coefficient (Wildman–Crippen LogP) is 5.15. The fourth-order valence-corrected chi connectivity index (χ4v) is 3.75. The van der Waals surface area contributed by atoms with Crippen LogP contribution in [-0.2, 0) is 11.4 Å².